The van der Waals surface area contributed by atoms with Crippen LogP contribution in [-0.2, 0) is 0 Å². The molecule has 2 aliphatic rings. The number of fused-ring (bicyclic) bond motifs is 1. The lowest BCUT2D eigenvalue weighted by Crippen LogP contribution is -2.42. The molecule has 1 aromatic heterocycles. The van der Waals surface area contributed by atoms with Crippen molar-refractivity contribution in [2.75, 3.05) is 13.1 Å². The molecule has 0 radical (unpaired) electrons. The van der Waals surface area contributed by atoms with Gasteiger partial charge in [0.1, 0.15) is 17.5 Å². The predicted octanol–water partition coefficient (Wildman–Crippen LogP) is 2.35. The Balaban J connectivity index is 1.42. The van der Waals surface area contributed by atoms with Gasteiger partial charge >= 0.3 is 0 Å². The maximum atomic E-state index is 12.5. The number of likely N-dealkylation sites (tertiary alicyclic amines) is 1. The van der Waals surface area contributed by atoms with Crippen molar-refractivity contribution in [3.8, 4) is 5.75 Å². The van der Waals surface area contributed by atoms with Gasteiger partial charge in [0.25, 0.3) is 5.91 Å². The third-order valence-corrected chi connectivity index (χ3v) is 5.42. The number of nitrogens with zero attached hydrogens (tertiary/aromatic N) is 2. The number of amides is 1. The average molecular weight is 362 g/mol. The van der Waals surface area contributed by atoms with E-state index in [2.05, 4.69) is 9.97 Å². The van der Waals surface area contributed by atoms with Gasteiger partial charge in [0.15, 0.2) is 0 Å². The second kappa shape index (κ2) is 6.69. The van der Waals surface area contributed by atoms with Gasteiger partial charge in [-0.3, -0.25) is 4.79 Å². The first-order valence-corrected chi connectivity index (χ1v) is 8.86. The van der Waals surface area contributed by atoms with E-state index in [9.17, 15) is 9.90 Å². The number of H-pyrrole nitrogens is 1. The van der Waals surface area contributed by atoms with Gasteiger partial charge in [0.05, 0.1) is 18.6 Å². The zero-order valence-corrected chi connectivity index (χ0v) is 14.4. The van der Waals surface area contributed by atoms with Crippen molar-refractivity contribution in [2.45, 2.75) is 25.0 Å². The number of aromatic nitrogens is 2. The van der Waals surface area contributed by atoms with Crippen LogP contribution in [0.2, 0.25) is 5.02 Å². The third kappa shape index (κ3) is 3.37. The van der Waals surface area contributed by atoms with Crippen LogP contribution in [0.25, 0.3) is 0 Å². The van der Waals surface area contributed by atoms with Crippen LogP contribution in [0.4, 0.5) is 0 Å². The van der Waals surface area contributed by atoms with Gasteiger partial charge in [-0.1, -0.05) is 17.7 Å². The van der Waals surface area contributed by atoms with Crippen molar-refractivity contribution in [1.29, 1.82) is 0 Å². The first-order chi connectivity index (χ1) is 12.1. The molecule has 1 aromatic carbocycles. The van der Waals surface area contributed by atoms with E-state index in [1.54, 1.807) is 18.3 Å². The number of halogens is 1. The first-order valence-electron chi connectivity index (χ1n) is 8.48. The maximum absolute atomic E-state index is 12.5. The first kappa shape index (κ1) is 16.4. The van der Waals surface area contributed by atoms with Crippen LogP contribution in [-0.4, -0.2) is 51.2 Å². The molecule has 1 amide bonds. The molecule has 2 N–H and O–H groups in total. The Hall–Kier alpha value is -2.05. The number of hydrogen-bond donors (Lipinski definition) is 2. The summed E-state index contributed by atoms with van der Waals surface area (Å²) < 4.78 is 5.97. The topological polar surface area (TPSA) is 78.5 Å². The minimum Gasteiger partial charge on any atom is -0.488 e. The zero-order valence-electron chi connectivity index (χ0n) is 13.6. The predicted molar refractivity (Wildman–Crippen MR) is 92.6 cm³/mol. The van der Waals surface area contributed by atoms with Crippen molar-refractivity contribution in [3.63, 3.8) is 0 Å². The number of carbonyl (C=O) groups excluding carboxylic acids is 1. The molecule has 0 bridgehead atoms. The Labute approximate surface area is 150 Å². The molecule has 7 heteroatoms. The zero-order chi connectivity index (χ0) is 17.4. The molecular formula is C18H20ClN3O3. The minimum atomic E-state index is -0.539. The van der Waals surface area contributed by atoms with E-state index in [-0.39, 0.29) is 12.0 Å². The fourth-order valence-electron chi connectivity index (χ4n) is 3.94. The van der Waals surface area contributed by atoms with Crippen LogP contribution in [0.1, 0.15) is 23.3 Å². The fraction of sp³-hybridized carbons (Fsp3) is 0.444. The number of aromatic amines is 1. The Bertz CT molecular complexity index is 752. The lowest BCUT2D eigenvalue weighted by molar-refractivity contribution is -0.0231. The minimum absolute atomic E-state index is 0.0336. The number of ether oxygens (including phenoxy) is 1. The summed E-state index contributed by atoms with van der Waals surface area (Å²) in [6.45, 7) is 1.36. The van der Waals surface area contributed by atoms with Crippen molar-refractivity contribution in [2.24, 2.45) is 11.8 Å². The second-order valence-corrected chi connectivity index (χ2v) is 7.28. The summed E-state index contributed by atoms with van der Waals surface area (Å²) >= 11 is 6.00. The number of nitrogens with one attached hydrogen (secondary N) is 1. The van der Waals surface area contributed by atoms with Gasteiger partial charge in [-0.05, 0) is 42.9 Å². The van der Waals surface area contributed by atoms with Crippen molar-refractivity contribution in [3.05, 3.63) is 47.5 Å². The highest BCUT2D eigenvalue weighted by molar-refractivity contribution is 6.30. The molecule has 25 heavy (non-hydrogen) atoms. The number of aliphatic hydroxyl groups excluding tert-OH is 1. The molecule has 1 aliphatic carbocycles. The molecule has 2 heterocycles. The molecule has 6 nitrogen and oxygen atoms in total. The van der Waals surface area contributed by atoms with Crippen molar-refractivity contribution < 1.29 is 14.6 Å². The normalized spacial score (nSPS) is 28.6. The molecule has 2 aromatic rings. The number of carbonyl (C=O) groups is 1. The van der Waals surface area contributed by atoms with E-state index in [1.807, 2.05) is 17.0 Å². The summed E-state index contributed by atoms with van der Waals surface area (Å²) in [5, 5.41) is 11.1. The number of imidazole rings is 1. The summed E-state index contributed by atoms with van der Waals surface area (Å²) in [4.78, 5) is 21.1. The SMILES string of the molecule is O=C(c1cnc[nH]1)N1C[C@H]2C[C@@H](Oc3cccc(Cl)c3)[C@H](O)C[C@H]2C1. The Morgan fingerprint density at radius 2 is 2.12 bits per heavy atom. The number of rotatable bonds is 3. The van der Waals surface area contributed by atoms with Gasteiger partial charge < -0.3 is 19.7 Å². The van der Waals surface area contributed by atoms with E-state index < -0.39 is 6.10 Å². The summed E-state index contributed by atoms with van der Waals surface area (Å²) in [6.07, 6.45) is 3.61. The molecule has 0 spiro atoms. The van der Waals surface area contributed by atoms with Crippen LogP contribution in [0.5, 0.6) is 5.75 Å². The molecule has 0 unspecified atom stereocenters. The molecule has 2 fully saturated rings. The highest BCUT2D eigenvalue weighted by atomic mass is 35.5. The molecule has 4 atom stereocenters. The fourth-order valence-corrected chi connectivity index (χ4v) is 4.12. The van der Waals surface area contributed by atoms with Gasteiger partial charge in [-0.25, -0.2) is 4.98 Å². The average Bonchev–Trinajstić information content (AvgIpc) is 3.24. The Morgan fingerprint density at radius 1 is 1.32 bits per heavy atom. The highest BCUT2D eigenvalue weighted by Gasteiger charge is 2.44. The molecule has 132 valence electrons. The summed E-state index contributed by atoms with van der Waals surface area (Å²) in [6, 6.07) is 7.21. The standard InChI is InChI=1S/C18H20ClN3O3/c19-13-2-1-3-14(6-13)25-17-5-12-9-22(8-11(12)4-16(17)23)18(24)15-7-20-10-21-15/h1-3,6-7,10-12,16-17,23H,4-5,8-9H2,(H,20,21)/t11-,12+,16+,17+/m0/s1. The molecule has 1 saturated carbocycles. The van der Waals surface area contributed by atoms with E-state index in [4.69, 9.17) is 16.3 Å². The Kier molecular flexibility index (Phi) is 4.39. The molecule has 4 rings (SSSR count). The summed E-state index contributed by atoms with van der Waals surface area (Å²) in [7, 11) is 0. The lowest BCUT2D eigenvalue weighted by atomic mass is 9.78. The number of hydrogen-bond acceptors (Lipinski definition) is 4. The third-order valence-electron chi connectivity index (χ3n) is 5.18. The van der Waals surface area contributed by atoms with Crippen LogP contribution in [0.3, 0.4) is 0 Å². The second-order valence-electron chi connectivity index (χ2n) is 6.85. The van der Waals surface area contributed by atoms with Crippen molar-refractivity contribution in [1.82, 2.24) is 14.9 Å². The van der Waals surface area contributed by atoms with Crippen LogP contribution < -0.4 is 4.74 Å². The molecular weight excluding hydrogens is 342 g/mol. The van der Waals surface area contributed by atoms with Crippen LogP contribution in [0.15, 0.2) is 36.8 Å². The van der Waals surface area contributed by atoms with Gasteiger partial charge in [-0.15, -0.1) is 0 Å². The van der Waals surface area contributed by atoms with Gasteiger partial charge in [0, 0.05) is 18.1 Å². The van der Waals surface area contributed by atoms with Gasteiger partial charge in [-0.2, -0.15) is 0 Å². The summed E-state index contributed by atoms with van der Waals surface area (Å²) in [5.74, 6) is 1.27. The lowest BCUT2D eigenvalue weighted by Gasteiger charge is -2.35. The summed E-state index contributed by atoms with van der Waals surface area (Å²) in [5.41, 5.74) is 0.505. The van der Waals surface area contributed by atoms with E-state index in [1.165, 1.54) is 6.33 Å². The van der Waals surface area contributed by atoms with Crippen LogP contribution >= 0.6 is 11.6 Å². The monoisotopic (exact) mass is 361 g/mol. The highest BCUT2D eigenvalue weighted by Crippen LogP contribution is 2.38. The number of benzene rings is 1. The quantitative estimate of drug-likeness (QED) is 0.879. The van der Waals surface area contributed by atoms with E-state index >= 15 is 0 Å². The largest absolute Gasteiger partial charge is 0.488 e. The number of aliphatic hydroxyl groups is 1. The van der Waals surface area contributed by atoms with Gasteiger partial charge in [0.2, 0.25) is 0 Å². The van der Waals surface area contributed by atoms with E-state index in [0.717, 1.165) is 6.42 Å². The maximum Gasteiger partial charge on any atom is 0.271 e. The molecule has 1 aliphatic heterocycles. The van der Waals surface area contributed by atoms with E-state index in [0.29, 0.717) is 47.8 Å². The van der Waals surface area contributed by atoms with Crippen LogP contribution in [0, 0.1) is 11.8 Å². The smallest absolute Gasteiger partial charge is 0.271 e. The molecule has 1 saturated heterocycles. The Morgan fingerprint density at radius 3 is 2.84 bits per heavy atom. The van der Waals surface area contributed by atoms with Crippen molar-refractivity contribution >= 4 is 17.5 Å².